The van der Waals surface area contributed by atoms with Crippen LogP contribution in [0.25, 0.3) is 11.0 Å². The Bertz CT molecular complexity index is 975. The number of aryl methyl sites for hydroxylation is 1. The highest BCUT2D eigenvalue weighted by Crippen LogP contribution is 2.29. The Kier molecular flexibility index (Phi) is 3.65. The van der Waals surface area contributed by atoms with Gasteiger partial charge in [0.25, 0.3) is 0 Å². The lowest BCUT2D eigenvalue weighted by Crippen LogP contribution is -2.29. The third kappa shape index (κ3) is 2.61. The largest absolute Gasteiger partial charge is 0.345 e. The van der Waals surface area contributed by atoms with Crippen LogP contribution in [-0.2, 0) is 23.5 Å². The summed E-state index contributed by atoms with van der Waals surface area (Å²) in [5, 5.41) is 4.82. The van der Waals surface area contributed by atoms with Gasteiger partial charge in [-0.3, -0.25) is 4.68 Å². The predicted molar refractivity (Wildman–Crippen MR) is 89.9 cm³/mol. The number of fused-ring (bicyclic) bond motifs is 1. The lowest BCUT2D eigenvalue weighted by atomic mass is 10.0. The van der Waals surface area contributed by atoms with Gasteiger partial charge in [0.15, 0.2) is 0 Å². The Morgan fingerprint density at radius 1 is 1.42 bits per heavy atom. The highest BCUT2D eigenvalue weighted by atomic mass is 32.2. The van der Waals surface area contributed by atoms with Crippen molar-refractivity contribution in [2.75, 3.05) is 13.1 Å². The Morgan fingerprint density at radius 2 is 2.29 bits per heavy atom. The first-order valence-corrected chi connectivity index (χ1v) is 9.38. The molecule has 0 bridgehead atoms. The minimum Gasteiger partial charge on any atom is -0.345 e. The zero-order valence-corrected chi connectivity index (χ0v) is 14.2. The number of aromatic nitrogens is 4. The number of nitrogens with zero attached hydrogens (tertiary/aromatic N) is 4. The molecule has 1 unspecified atom stereocenters. The smallest absolute Gasteiger partial charge is 0.245 e. The maximum Gasteiger partial charge on any atom is 0.245 e. The van der Waals surface area contributed by atoms with E-state index in [0.717, 1.165) is 18.4 Å². The first kappa shape index (κ1) is 15.3. The molecule has 1 aliphatic heterocycles. The van der Waals surface area contributed by atoms with Gasteiger partial charge in [-0.1, -0.05) is 0 Å². The summed E-state index contributed by atoms with van der Waals surface area (Å²) in [5.41, 5.74) is 1.75. The summed E-state index contributed by atoms with van der Waals surface area (Å²) >= 11 is 0. The second-order valence-corrected chi connectivity index (χ2v) is 8.20. The molecule has 1 atom stereocenters. The van der Waals surface area contributed by atoms with Crippen LogP contribution in [0.2, 0.25) is 0 Å². The van der Waals surface area contributed by atoms with Gasteiger partial charge in [-0.2, -0.15) is 9.40 Å². The fourth-order valence-electron chi connectivity index (χ4n) is 3.38. The van der Waals surface area contributed by atoms with E-state index < -0.39 is 10.0 Å². The average Bonchev–Trinajstić information content (AvgIpc) is 3.27. The van der Waals surface area contributed by atoms with Gasteiger partial charge >= 0.3 is 0 Å². The molecule has 8 heteroatoms. The molecule has 1 aliphatic rings. The number of hydrogen-bond acceptors (Lipinski definition) is 4. The standard InChI is InChI=1S/C16H19N5O2S/c1-20-10-13(8-19-20)7-12-4-6-21(11-12)24(22,23)15-9-18-16-14(15)3-2-5-17-16/h2-3,5,8-10,12H,4,6-7,11H2,1H3,(H,17,18). The van der Waals surface area contributed by atoms with Crippen LogP contribution in [0.15, 0.2) is 41.8 Å². The van der Waals surface area contributed by atoms with Gasteiger partial charge in [0.2, 0.25) is 10.0 Å². The molecule has 3 aromatic rings. The Hall–Kier alpha value is -2.19. The van der Waals surface area contributed by atoms with Crippen LogP contribution in [0.1, 0.15) is 12.0 Å². The summed E-state index contributed by atoms with van der Waals surface area (Å²) in [7, 11) is -1.61. The third-order valence-electron chi connectivity index (χ3n) is 4.56. The van der Waals surface area contributed by atoms with Crippen LogP contribution >= 0.6 is 0 Å². The molecular weight excluding hydrogens is 326 g/mol. The van der Waals surface area contributed by atoms with Gasteiger partial charge in [0, 0.05) is 44.1 Å². The summed E-state index contributed by atoms with van der Waals surface area (Å²) in [6, 6.07) is 3.54. The SMILES string of the molecule is Cn1cc(CC2CCN(S(=O)(=O)c3c[nH]c4ncccc34)C2)cn1. The van der Waals surface area contributed by atoms with E-state index in [0.29, 0.717) is 34.9 Å². The van der Waals surface area contributed by atoms with Crippen LogP contribution in [0.4, 0.5) is 0 Å². The molecule has 7 nitrogen and oxygen atoms in total. The van der Waals surface area contributed by atoms with Gasteiger partial charge < -0.3 is 4.98 Å². The molecule has 1 saturated heterocycles. The van der Waals surface area contributed by atoms with Crippen LogP contribution in [0.5, 0.6) is 0 Å². The van der Waals surface area contributed by atoms with E-state index >= 15 is 0 Å². The molecular formula is C16H19N5O2S. The fourth-order valence-corrected chi connectivity index (χ4v) is 5.06. The first-order valence-electron chi connectivity index (χ1n) is 7.94. The topological polar surface area (TPSA) is 83.9 Å². The van der Waals surface area contributed by atoms with E-state index in [1.54, 1.807) is 33.5 Å². The molecule has 3 aromatic heterocycles. The summed E-state index contributed by atoms with van der Waals surface area (Å²) in [6.07, 6.45) is 8.76. The number of nitrogens with one attached hydrogen (secondary N) is 1. The van der Waals surface area contributed by atoms with Crippen molar-refractivity contribution in [2.45, 2.75) is 17.7 Å². The van der Waals surface area contributed by atoms with E-state index in [9.17, 15) is 8.42 Å². The van der Waals surface area contributed by atoms with Crippen LogP contribution in [-0.4, -0.2) is 45.6 Å². The van der Waals surface area contributed by atoms with E-state index in [-0.39, 0.29) is 0 Å². The number of aromatic amines is 1. The van der Waals surface area contributed by atoms with Crippen molar-refractivity contribution in [1.82, 2.24) is 24.1 Å². The zero-order valence-electron chi connectivity index (χ0n) is 13.4. The van der Waals surface area contributed by atoms with E-state index in [1.165, 1.54) is 0 Å². The van der Waals surface area contributed by atoms with Crippen molar-refractivity contribution in [3.05, 3.63) is 42.5 Å². The van der Waals surface area contributed by atoms with Crippen molar-refractivity contribution in [1.29, 1.82) is 0 Å². The fraction of sp³-hybridized carbons (Fsp3) is 0.375. The van der Waals surface area contributed by atoms with Gasteiger partial charge in [-0.15, -0.1) is 0 Å². The normalized spacial score (nSPS) is 19.3. The average molecular weight is 345 g/mol. The molecule has 0 aromatic carbocycles. The van der Waals surface area contributed by atoms with E-state index in [1.807, 2.05) is 19.4 Å². The molecule has 0 aliphatic carbocycles. The third-order valence-corrected chi connectivity index (χ3v) is 6.47. The number of rotatable bonds is 4. The molecule has 0 radical (unpaired) electrons. The molecule has 4 heterocycles. The zero-order chi connectivity index (χ0) is 16.7. The van der Waals surface area contributed by atoms with Gasteiger partial charge in [0.05, 0.1) is 6.20 Å². The molecule has 1 N–H and O–H groups in total. The van der Waals surface area contributed by atoms with Gasteiger partial charge in [-0.05, 0) is 36.5 Å². The van der Waals surface area contributed by atoms with Crippen LogP contribution in [0, 0.1) is 5.92 Å². The Balaban J connectivity index is 1.55. The minimum absolute atomic E-state index is 0.313. The van der Waals surface area contributed by atoms with Gasteiger partial charge in [-0.25, -0.2) is 13.4 Å². The Labute approximate surface area is 140 Å². The number of pyridine rings is 1. The van der Waals surface area contributed by atoms with Crippen molar-refractivity contribution >= 4 is 21.1 Å². The molecule has 24 heavy (non-hydrogen) atoms. The highest BCUT2D eigenvalue weighted by Gasteiger charge is 2.34. The Morgan fingerprint density at radius 3 is 3.08 bits per heavy atom. The first-order chi connectivity index (χ1) is 11.5. The lowest BCUT2D eigenvalue weighted by molar-refractivity contribution is 0.456. The monoisotopic (exact) mass is 345 g/mol. The van der Waals surface area contributed by atoms with E-state index in [2.05, 4.69) is 15.1 Å². The number of hydrogen-bond donors (Lipinski definition) is 1. The van der Waals surface area contributed by atoms with Crippen molar-refractivity contribution in [3.63, 3.8) is 0 Å². The second kappa shape index (κ2) is 5.71. The van der Waals surface area contributed by atoms with Crippen molar-refractivity contribution in [3.8, 4) is 0 Å². The number of sulfonamides is 1. The summed E-state index contributed by atoms with van der Waals surface area (Å²) in [6.45, 7) is 1.10. The van der Waals surface area contributed by atoms with Gasteiger partial charge in [0.1, 0.15) is 10.5 Å². The summed E-state index contributed by atoms with van der Waals surface area (Å²) in [5.74, 6) is 0.326. The predicted octanol–water partition coefficient (Wildman–Crippen LogP) is 1.55. The lowest BCUT2D eigenvalue weighted by Gasteiger charge is -2.16. The molecule has 1 fully saturated rings. The number of H-pyrrole nitrogens is 1. The molecule has 0 amide bonds. The minimum atomic E-state index is -3.50. The van der Waals surface area contributed by atoms with Crippen LogP contribution in [0.3, 0.4) is 0 Å². The highest BCUT2D eigenvalue weighted by molar-refractivity contribution is 7.89. The van der Waals surface area contributed by atoms with Crippen LogP contribution < -0.4 is 0 Å². The molecule has 0 spiro atoms. The summed E-state index contributed by atoms with van der Waals surface area (Å²) in [4.78, 5) is 7.42. The molecule has 0 saturated carbocycles. The summed E-state index contributed by atoms with van der Waals surface area (Å²) < 4.78 is 29.3. The van der Waals surface area contributed by atoms with Crippen molar-refractivity contribution < 1.29 is 8.42 Å². The maximum absolute atomic E-state index is 13.0. The second-order valence-electron chi connectivity index (χ2n) is 6.30. The maximum atomic E-state index is 13.0. The van der Waals surface area contributed by atoms with E-state index in [4.69, 9.17) is 0 Å². The molecule has 126 valence electrons. The van der Waals surface area contributed by atoms with Crippen molar-refractivity contribution in [2.24, 2.45) is 13.0 Å². The molecule has 4 rings (SSSR count). The quantitative estimate of drug-likeness (QED) is 0.777.